The lowest BCUT2D eigenvalue weighted by Gasteiger charge is -2.36. The van der Waals surface area contributed by atoms with Crippen molar-refractivity contribution in [1.82, 2.24) is 4.90 Å². The molecular formula is C14H18Cl2N2. The average Bonchev–Trinajstić information content (AvgIpc) is 2.50. The Hall–Kier alpha value is -0.700. The molecule has 0 aliphatic carbocycles. The average molecular weight is 293 g/mol. The number of piperazine rings is 1. The smallest absolute Gasteiger partial charge is 0.0825 e. The Balaban J connectivity index is 2.74. The van der Waals surface area contributed by atoms with E-state index in [1.165, 1.54) is 24.3 Å². The van der Waals surface area contributed by atoms with Crippen LogP contribution < -0.4 is 4.90 Å². The van der Waals surface area contributed by atoms with Crippen LogP contribution in [0.4, 0.5) is 5.69 Å². The molecule has 2 nitrogen and oxygen atoms in total. The predicted octanol–water partition coefficient (Wildman–Crippen LogP) is 3.69. The van der Waals surface area contributed by atoms with Gasteiger partial charge in [-0.25, -0.2) is 0 Å². The summed E-state index contributed by atoms with van der Waals surface area (Å²) in [5.74, 6) is 0. The van der Waals surface area contributed by atoms with E-state index in [-0.39, 0.29) is 28.7 Å². The maximum Gasteiger partial charge on any atom is 0.0825 e. The van der Waals surface area contributed by atoms with Gasteiger partial charge in [-0.2, -0.15) is 0 Å². The van der Waals surface area contributed by atoms with Gasteiger partial charge in [-0.05, 0) is 18.6 Å². The first-order valence-corrected chi connectivity index (χ1v) is 6.13. The zero-order valence-electron chi connectivity index (χ0n) is 17.6. The molecule has 1 aromatic rings. The van der Waals surface area contributed by atoms with E-state index in [1.807, 2.05) is 0 Å². The summed E-state index contributed by atoms with van der Waals surface area (Å²) in [4.78, 5) is 0.954. The van der Waals surface area contributed by atoms with Gasteiger partial charge in [-0.1, -0.05) is 35.3 Å². The minimum Gasteiger partial charge on any atom is -0.368 e. The number of hydrogen-bond donors (Lipinski definition) is 0. The fourth-order valence-corrected chi connectivity index (χ4v) is 1.77. The van der Waals surface area contributed by atoms with Gasteiger partial charge in [0.05, 0.1) is 21.2 Å². The third-order valence-electron chi connectivity index (χ3n) is 2.32. The van der Waals surface area contributed by atoms with E-state index in [9.17, 15) is 0 Å². The van der Waals surface area contributed by atoms with E-state index in [0.717, 1.165) is 0 Å². The lowest BCUT2D eigenvalue weighted by atomic mass is 10.2. The summed E-state index contributed by atoms with van der Waals surface area (Å²) in [7, 11) is 0. The van der Waals surface area contributed by atoms with Gasteiger partial charge in [0.25, 0.3) is 0 Å². The molecule has 1 aromatic carbocycles. The van der Waals surface area contributed by atoms with Crippen LogP contribution in [0.5, 0.6) is 0 Å². The molecule has 0 saturated carbocycles. The molecule has 4 heteroatoms. The Morgan fingerprint density at radius 1 is 1.28 bits per heavy atom. The van der Waals surface area contributed by atoms with E-state index >= 15 is 0 Å². The summed E-state index contributed by atoms with van der Waals surface area (Å²) >= 11 is 12.1. The van der Waals surface area contributed by atoms with Gasteiger partial charge >= 0.3 is 0 Å². The van der Waals surface area contributed by atoms with Gasteiger partial charge in [0.1, 0.15) is 0 Å². The normalized spacial score (nSPS) is 34.7. The number of hydrogen-bond acceptors (Lipinski definition) is 2. The molecule has 1 fully saturated rings. The van der Waals surface area contributed by atoms with E-state index in [1.54, 1.807) is 0 Å². The van der Waals surface area contributed by atoms with Crippen LogP contribution in [0.2, 0.25) is 10.0 Å². The van der Waals surface area contributed by atoms with Crippen molar-refractivity contribution in [3.8, 4) is 0 Å². The Kier molecular flexibility index (Phi) is 2.39. The van der Waals surface area contributed by atoms with Crippen molar-refractivity contribution in [2.45, 2.75) is 6.42 Å². The highest BCUT2D eigenvalue weighted by Crippen LogP contribution is 2.32. The van der Waals surface area contributed by atoms with Crippen molar-refractivity contribution in [3.05, 3.63) is 40.9 Å². The molecule has 0 N–H and O–H groups in total. The molecule has 0 radical (unpaired) electrons. The topological polar surface area (TPSA) is 6.48 Å². The quantitative estimate of drug-likeness (QED) is 0.781. The van der Waals surface area contributed by atoms with Crippen LogP contribution in [0.1, 0.15) is 17.4 Å². The molecule has 0 spiro atoms. The first kappa shape index (κ1) is 6.65. The fraction of sp³-hybridized carbons (Fsp3) is 0.429. The summed E-state index contributed by atoms with van der Waals surface area (Å²) < 4.78 is 66.4. The molecule has 0 bridgehead atoms. The van der Waals surface area contributed by atoms with Gasteiger partial charge in [0.2, 0.25) is 0 Å². The Morgan fingerprint density at radius 2 is 2.00 bits per heavy atom. The highest BCUT2D eigenvalue weighted by Gasteiger charge is 2.18. The molecular weight excluding hydrogens is 267 g/mol. The van der Waals surface area contributed by atoms with Crippen molar-refractivity contribution in [2.75, 3.05) is 37.4 Å². The number of anilines is 1. The predicted molar refractivity (Wildman–Crippen MR) is 79.9 cm³/mol. The second-order valence-electron chi connectivity index (χ2n) is 3.58. The second kappa shape index (κ2) is 6.46. The van der Waals surface area contributed by atoms with E-state index in [0.29, 0.717) is 9.80 Å². The van der Waals surface area contributed by atoms with Crippen LogP contribution in [0, 0.1) is 0 Å². The van der Waals surface area contributed by atoms with Gasteiger partial charge in [0.15, 0.2) is 0 Å². The van der Waals surface area contributed by atoms with Gasteiger partial charge < -0.3 is 4.90 Å². The Morgan fingerprint density at radius 3 is 2.67 bits per heavy atom. The van der Waals surface area contributed by atoms with Crippen LogP contribution in [0.15, 0.2) is 30.9 Å². The molecule has 0 amide bonds. The van der Waals surface area contributed by atoms with Gasteiger partial charge in [-0.15, -0.1) is 6.58 Å². The molecule has 0 atom stereocenters. The van der Waals surface area contributed by atoms with Crippen LogP contribution in [-0.4, -0.2) is 37.4 Å². The molecule has 0 unspecified atom stereocenters. The second-order valence-corrected chi connectivity index (χ2v) is 4.37. The van der Waals surface area contributed by atoms with Crippen LogP contribution in [0.3, 0.4) is 0 Å². The van der Waals surface area contributed by atoms with E-state index < -0.39 is 26.0 Å². The SMILES string of the molecule is [2H]C1([2H])N(CCC=C)C([2H])([2H])C([2H])([2H])N(c2cccc(Cl)c2Cl)C1([2H])[2H]. The molecule has 98 valence electrons. The molecule has 18 heavy (non-hydrogen) atoms. The molecule has 1 heterocycles. The third-order valence-corrected chi connectivity index (χ3v) is 3.13. The van der Waals surface area contributed by atoms with Gasteiger partial charge in [-0.3, -0.25) is 4.90 Å². The zero-order valence-corrected chi connectivity index (χ0v) is 11.1. The monoisotopic (exact) mass is 292 g/mol. The summed E-state index contributed by atoms with van der Waals surface area (Å²) in [6.07, 6.45) is 1.58. The lowest BCUT2D eigenvalue weighted by molar-refractivity contribution is 0.262. The van der Waals surface area contributed by atoms with E-state index in [4.69, 9.17) is 34.2 Å². The number of halogens is 2. The van der Waals surface area contributed by atoms with Crippen LogP contribution in [-0.2, 0) is 0 Å². The minimum atomic E-state index is -2.96. The molecule has 0 aromatic heterocycles. The van der Waals surface area contributed by atoms with Gasteiger partial charge in [0, 0.05) is 38.0 Å². The number of rotatable bonds is 4. The number of benzene rings is 1. The van der Waals surface area contributed by atoms with Crippen LogP contribution >= 0.6 is 23.2 Å². The Bertz CT molecular complexity index is 682. The molecule has 1 aliphatic rings. The lowest BCUT2D eigenvalue weighted by Crippen LogP contribution is -2.46. The summed E-state index contributed by atoms with van der Waals surface area (Å²) in [6, 6.07) is 4.10. The summed E-state index contributed by atoms with van der Waals surface area (Å²) in [5, 5.41) is -0.168. The van der Waals surface area contributed by atoms with Crippen molar-refractivity contribution in [1.29, 1.82) is 0 Å². The van der Waals surface area contributed by atoms with Crippen molar-refractivity contribution >= 4 is 28.9 Å². The first-order valence-electron chi connectivity index (χ1n) is 9.37. The molecule has 2 rings (SSSR count). The van der Waals surface area contributed by atoms with Crippen LogP contribution in [0.25, 0.3) is 0 Å². The largest absolute Gasteiger partial charge is 0.368 e. The Labute approximate surface area is 130 Å². The zero-order chi connectivity index (χ0) is 20.1. The van der Waals surface area contributed by atoms with Crippen molar-refractivity contribution in [2.24, 2.45) is 0 Å². The molecule has 1 aliphatic heterocycles. The number of nitrogens with zero attached hydrogens (tertiary/aromatic N) is 2. The summed E-state index contributed by atoms with van der Waals surface area (Å²) in [6.45, 7) is -8.43. The maximum absolute atomic E-state index is 8.33. The highest BCUT2D eigenvalue weighted by atomic mass is 35.5. The standard InChI is InChI=1S/C14H18Cl2N2/c1-2-3-7-17-8-10-18(11-9-17)13-6-4-5-12(15)14(13)16/h2,4-6H,1,3,7-11H2/i8D2,9D2,10D2,11D2. The minimum absolute atomic E-state index is 0.0194. The maximum atomic E-state index is 8.33. The van der Waals surface area contributed by atoms with Crippen molar-refractivity contribution in [3.63, 3.8) is 0 Å². The van der Waals surface area contributed by atoms with Crippen molar-refractivity contribution < 1.29 is 11.0 Å². The summed E-state index contributed by atoms with van der Waals surface area (Å²) in [5.41, 5.74) is -0.231. The highest BCUT2D eigenvalue weighted by molar-refractivity contribution is 6.43. The fourth-order valence-electron chi connectivity index (χ4n) is 1.39. The van der Waals surface area contributed by atoms with E-state index in [2.05, 4.69) is 6.58 Å². The molecule has 1 saturated heterocycles. The third kappa shape index (κ3) is 3.19. The first-order chi connectivity index (χ1) is 11.7.